The van der Waals surface area contributed by atoms with E-state index in [1.54, 1.807) is 0 Å². The summed E-state index contributed by atoms with van der Waals surface area (Å²) in [7, 11) is 2.03. The highest BCUT2D eigenvalue weighted by Gasteiger charge is 2.22. The number of likely N-dealkylation sites (N-methyl/N-ethyl adjacent to an activating group) is 1. The lowest BCUT2D eigenvalue weighted by Gasteiger charge is -2.20. The van der Waals surface area contributed by atoms with E-state index >= 15 is 0 Å². The second-order valence-corrected chi connectivity index (χ2v) is 5.61. The Morgan fingerprint density at radius 2 is 1.79 bits per heavy atom. The molecule has 0 atom stereocenters. The molecule has 0 aromatic heterocycles. The summed E-state index contributed by atoms with van der Waals surface area (Å²) in [4.78, 5) is 13.7. The van der Waals surface area contributed by atoms with Gasteiger partial charge >= 0.3 is 5.97 Å². The Morgan fingerprint density at radius 1 is 1.21 bits per heavy atom. The second kappa shape index (κ2) is 7.95. The summed E-state index contributed by atoms with van der Waals surface area (Å²) in [5.41, 5.74) is 0.847. The minimum absolute atomic E-state index is 0. The molecule has 0 aliphatic carbocycles. The highest BCUT2D eigenvalue weighted by Crippen LogP contribution is 2.14. The minimum Gasteiger partial charge on any atom is -0.464 e. The highest BCUT2D eigenvalue weighted by molar-refractivity contribution is 5.75. The molecular weight excluding hydrogens is 238 g/mol. The van der Waals surface area contributed by atoms with Crippen LogP contribution in [0, 0.1) is 5.41 Å². The van der Waals surface area contributed by atoms with Crippen LogP contribution < -0.4 is 0 Å². The van der Waals surface area contributed by atoms with Gasteiger partial charge in [-0.2, -0.15) is 0 Å². The summed E-state index contributed by atoms with van der Waals surface area (Å²) in [5, 5.41) is 0. The van der Waals surface area contributed by atoms with E-state index in [9.17, 15) is 4.79 Å². The Kier molecular flexibility index (Phi) is 7.38. The van der Waals surface area contributed by atoms with Crippen molar-refractivity contribution in [1.29, 1.82) is 0 Å². The summed E-state index contributed by atoms with van der Waals surface area (Å²) >= 11 is 0. The van der Waals surface area contributed by atoms with Crippen molar-refractivity contribution < 1.29 is 9.53 Å². The molecule has 19 heavy (non-hydrogen) atoms. The van der Waals surface area contributed by atoms with Gasteiger partial charge in [0.15, 0.2) is 0 Å². The van der Waals surface area contributed by atoms with Gasteiger partial charge in [-0.05, 0) is 33.4 Å². The van der Waals surface area contributed by atoms with E-state index in [2.05, 4.69) is 17.0 Å². The molecule has 0 heterocycles. The molecule has 1 aromatic rings. The van der Waals surface area contributed by atoms with E-state index in [1.165, 1.54) is 5.56 Å². The van der Waals surface area contributed by atoms with E-state index in [0.717, 1.165) is 13.1 Å². The molecule has 0 radical (unpaired) electrons. The topological polar surface area (TPSA) is 29.5 Å². The van der Waals surface area contributed by atoms with Gasteiger partial charge in [0.1, 0.15) is 6.61 Å². The Labute approximate surface area is 117 Å². The SMILES string of the molecule is C.CN(CCOC(=O)C(C)(C)C)Cc1ccccc1. The van der Waals surface area contributed by atoms with Crippen molar-refractivity contribution in [3.05, 3.63) is 35.9 Å². The van der Waals surface area contributed by atoms with Crippen molar-refractivity contribution in [2.75, 3.05) is 20.2 Å². The smallest absolute Gasteiger partial charge is 0.311 e. The number of hydrogen-bond donors (Lipinski definition) is 0. The number of hydrogen-bond acceptors (Lipinski definition) is 3. The van der Waals surface area contributed by atoms with Crippen molar-refractivity contribution in [3.63, 3.8) is 0 Å². The van der Waals surface area contributed by atoms with E-state index in [4.69, 9.17) is 4.74 Å². The van der Waals surface area contributed by atoms with E-state index in [0.29, 0.717) is 6.61 Å². The first-order chi connectivity index (χ1) is 8.39. The third kappa shape index (κ3) is 6.97. The molecule has 3 heteroatoms. The molecule has 1 aromatic carbocycles. The Hall–Kier alpha value is -1.35. The van der Waals surface area contributed by atoms with Crippen LogP contribution in [-0.4, -0.2) is 31.1 Å². The molecule has 0 unspecified atom stereocenters. The third-order valence-electron chi connectivity index (χ3n) is 2.61. The normalized spacial score (nSPS) is 11.0. The van der Waals surface area contributed by atoms with Crippen LogP contribution in [0.2, 0.25) is 0 Å². The monoisotopic (exact) mass is 265 g/mol. The molecule has 0 fully saturated rings. The van der Waals surface area contributed by atoms with Crippen LogP contribution >= 0.6 is 0 Å². The number of nitrogens with zero attached hydrogens (tertiary/aromatic N) is 1. The molecule has 0 saturated carbocycles. The average Bonchev–Trinajstić information content (AvgIpc) is 2.28. The molecule has 108 valence electrons. The summed E-state index contributed by atoms with van der Waals surface area (Å²) in [6.07, 6.45) is 0. The van der Waals surface area contributed by atoms with E-state index in [-0.39, 0.29) is 13.4 Å². The first-order valence-electron chi connectivity index (χ1n) is 6.29. The summed E-state index contributed by atoms with van der Waals surface area (Å²) < 4.78 is 5.23. The van der Waals surface area contributed by atoms with Crippen molar-refractivity contribution in [2.45, 2.75) is 34.7 Å². The summed E-state index contributed by atoms with van der Waals surface area (Å²) in [6, 6.07) is 10.3. The van der Waals surface area contributed by atoms with Crippen LogP contribution in [0.15, 0.2) is 30.3 Å². The van der Waals surface area contributed by atoms with Crippen LogP contribution in [0.25, 0.3) is 0 Å². The molecular formula is C16H27NO2. The van der Waals surface area contributed by atoms with Crippen LogP contribution in [-0.2, 0) is 16.1 Å². The fraction of sp³-hybridized carbons (Fsp3) is 0.562. The molecule has 0 spiro atoms. The zero-order valence-corrected chi connectivity index (χ0v) is 11.8. The number of ether oxygens (including phenoxy) is 1. The van der Waals surface area contributed by atoms with Crippen molar-refractivity contribution in [3.8, 4) is 0 Å². The van der Waals surface area contributed by atoms with Gasteiger partial charge in [0, 0.05) is 13.1 Å². The van der Waals surface area contributed by atoms with Gasteiger partial charge in [-0.3, -0.25) is 9.69 Å². The van der Waals surface area contributed by atoms with Gasteiger partial charge in [-0.1, -0.05) is 37.8 Å². The predicted molar refractivity (Wildman–Crippen MR) is 79.9 cm³/mol. The first-order valence-corrected chi connectivity index (χ1v) is 6.29. The van der Waals surface area contributed by atoms with Crippen molar-refractivity contribution in [1.82, 2.24) is 4.90 Å². The van der Waals surface area contributed by atoms with Crippen LogP contribution in [0.4, 0.5) is 0 Å². The predicted octanol–water partition coefficient (Wildman–Crippen LogP) is 3.34. The lowest BCUT2D eigenvalue weighted by Crippen LogP contribution is -2.28. The Balaban J connectivity index is 0.00000324. The van der Waals surface area contributed by atoms with Crippen molar-refractivity contribution in [2.24, 2.45) is 5.41 Å². The number of esters is 1. The van der Waals surface area contributed by atoms with Crippen LogP contribution in [0.3, 0.4) is 0 Å². The molecule has 0 amide bonds. The Morgan fingerprint density at radius 3 is 2.32 bits per heavy atom. The number of carbonyl (C=O) groups excluding carboxylic acids is 1. The lowest BCUT2D eigenvalue weighted by atomic mass is 9.97. The van der Waals surface area contributed by atoms with Gasteiger partial charge in [-0.25, -0.2) is 0 Å². The molecule has 1 rings (SSSR count). The fourth-order valence-corrected chi connectivity index (χ4v) is 1.48. The summed E-state index contributed by atoms with van der Waals surface area (Å²) in [5.74, 6) is -0.143. The summed E-state index contributed by atoms with van der Waals surface area (Å²) in [6.45, 7) is 7.65. The Bertz CT molecular complexity index is 368. The van der Waals surface area contributed by atoms with Gasteiger partial charge in [0.25, 0.3) is 0 Å². The molecule has 0 saturated heterocycles. The first kappa shape index (κ1) is 17.6. The minimum atomic E-state index is -0.419. The van der Waals surface area contributed by atoms with Gasteiger partial charge < -0.3 is 4.74 Å². The molecule has 0 bridgehead atoms. The van der Waals surface area contributed by atoms with Gasteiger partial charge in [0.05, 0.1) is 5.41 Å². The van der Waals surface area contributed by atoms with E-state index in [1.807, 2.05) is 46.0 Å². The molecule has 0 N–H and O–H groups in total. The number of benzene rings is 1. The highest BCUT2D eigenvalue weighted by atomic mass is 16.5. The maximum atomic E-state index is 11.6. The third-order valence-corrected chi connectivity index (χ3v) is 2.61. The van der Waals surface area contributed by atoms with Crippen LogP contribution in [0.5, 0.6) is 0 Å². The molecule has 0 aliphatic heterocycles. The maximum Gasteiger partial charge on any atom is 0.311 e. The van der Waals surface area contributed by atoms with E-state index < -0.39 is 5.41 Å². The largest absolute Gasteiger partial charge is 0.464 e. The number of rotatable bonds is 5. The number of carbonyl (C=O) groups is 1. The standard InChI is InChI=1S/C15H23NO2.CH4/c1-15(2,3)14(17)18-11-10-16(4)12-13-8-6-5-7-9-13;/h5-9H,10-12H2,1-4H3;1H4. The van der Waals surface area contributed by atoms with Gasteiger partial charge in [-0.15, -0.1) is 0 Å². The second-order valence-electron chi connectivity index (χ2n) is 5.61. The zero-order chi connectivity index (χ0) is 13.6. The van der Waals surface area contributed by atoms with Gasteiger partial charge in [0.2, 0.25) is 0 Å². The lowest BCUT2D eigenvalue weighted by molar-refractivity contribution is -0.153. The molecule has 0 aliphatic rings. The maximum absolute atomic E-state index is 11.6. The average molecular weight is 265 g/mol. The molecule has 3 nitrogen and oxygen atoms in total. The quantitative estimate of drug-likeness (QED) is 0.765. The van der Waals surface area contributed by atoms with Crippen LogP contribution in [0.1, 0.15) is 33.8 Å². The van der Waals surface area contributed by atoms with Crippen molar-refractivity contribution >= 4 is 5.97 Å². The fourth-order valence-electron chi connectivity index (χ4n) is 1.48. The zero-order valence-electron chi connectivity index (χ0n) is 11.8.